The second-order valence-electron chi connectivity index (χ2n) is 14.1. The quantitative estimate of drug-likeness (QED) is 0.496. The minimum absolute atomic E-state index is 0.0949. The normalized spacial score (nSPS) is 34.2. The minimum atomic E-state index is -1.57. The number of phenolic OH excluding ortho intramolecular Hbond substituents is 1. The fourth-order valence-corrected chi connectivity index (χ4v) is 9.47. The number of hydrogen-bond acceptors (Lipinski definition) is 8. The van der Waals surface area contributed by atoms with E-state index >= 15 is 4.39 Å². The van der Waals surface area contributed by atoms with E-state index in [0.29, 0.717) is 17.5 Å². The van der Waals surface area contributed by atoms with Crippen molar-refractivity contribution in [2.24, 2.45) is 34.8 Å². The Balaban J connectivity index is 1.30. The standard InChI is InChI=1S/C33H44FN3O6/c1-36(2)27-22-14-18-13-20-25(29(40)24(18)30(41)33(22,43-3)16-21(28(27)39)31(35)42)23(38)15-19(26(20)34)17-37-11-9-32(10-12-37)7-5-4-6-8-32/h15,18,21-22,24,27,38H,4-14,16-17H2,1-3H3,(H2,35,42). The Labute approximate surface area is 252 Å². The molecule has 1 spiro atoms. The molecule has 6 unspecified atom stereocenters. The number of fused-ring (bicyclic) bond motifs is 3. The molecule has 43 heavy (non-hydrogen) atoms. The lowest BCUT2D eigenvalue weighted by Crippen LogP contribution is -2.70. The fraction of sp³-hybridized carbons (Fsp3) is 0.697. The van der Waals surface area contributed by atoms with Gasteiger partial charge in [-0.1, -0.05) is 19.3 Å². The topological polar surface area (TPSA) is 130 Å². The SMILES string of the molecule is COC12CC(C(N)=O)C(=O)C(N(C)C)C1CC1Cc3c(F)c(CN4CCC5(CCCCC5)CC4)cc(O)c3C(=O)C1C2=O. The summed E-state index contributed by atoms with van der Waals surface area (Å²) < 4.78 is 22.1. The highest BCUT2D eigenvalue weighted by molar-refractivity contribution is 6.17. The molecule has 9 nitrogen and oxygen atoms in total. The molecule has 1 aromatic carbocycles. The van der Waals surface area contributed by atoms with Crippen molar-refractivity contribution in [2.75, 3.05) is 34.3 Å². The number of piperidine rings is 1. The average Bonchev–Trinajstić information content (AvgIpc) is 2.97. The number of aromatic hydroxyl groups is 1. The number of rotatable bonds is 5. The van der Waals surface area contributed by atoms with Gasteiger partial charge in [-0.25, -0.2) is 4.39 Å². The van der Waals surface area contributed by atoms with E-state index in [9.17, 15) is 24.3 Å². The van der Waals surface area contributed by atoms with E-state index in [1.807, 2.05) is 0 Å². The Kier molecular flexibility index (Phi) is 7.79. The number of carbonyl (C=O) groups is 4. The summed E-state index contributed by atoms with van der Waals surface area (Å²) in [6.07, 6.45) is 8.74. The van der Waals surface area contributed by atoms with Crippen molar-refractivity contribution < 1.29 is 33.4 Å². The summed E-state index contributed by atoms with van der Waals surface area (Å²) in [5, 5.41) is 11.1. The number of primary amides is 1. The number of methoxy groups -OCH3 is 1. The summed E-state index contributed by atoms with van der Waals surface area (Å²) >= 11 is 0. The van der Waals surface area contributed by atoms with Gasteiger partial charge in [0.05, 0.1) is 17.5 Å². The third-order valence-corrected chi connectivity index (χ3v) is 11.7. The first-order chi connectivity index (χ1) is 20.4. The number of nitrogens with zero attached hydrogens (tertiary/aromatic N) is 2. The molecule has 1 amide bonds. The molecular formula is C33H44FN3O6. The van der Waals surface area contributed by atoms with Crippen LogP contribution in [0.25, 0.3) is 0 Å². The molecule has 4 fully saturated rings. The van der Waals surface area contributed by atoms with E-state index in [0.717, 1.165) is 25.9 Å². The minimum Gasteiger partial charge on any atom is -0.507 e. The number of ketones is 3. The molecule has 6 rings (SSSR count). The zero-order chi connectivity index (χ0) is 30.8. The average molecular weight is 598 g/mol. The molecule has 234 valence electrons. The van der Waals surface area contributed by atoms with Crippen LogP contribution in [0.5, 0.6) is 5.75 Å². The van der Waals surface area contributed by atoms with E-state index in [2.05, 4.69) is 4.90 Å². The summed E-state index contributed by atoms with van der Waals surface area (Å²) in [6.45, 7) is 2.11. The van der Waals surface area contributed by atoms with E-state index < -0.39 is 58.6 Å². The van der Waals surface area contributed by atoms with Crippen LogP contribution in [-0.4, -0.2) is 84.1 Å². The Bertz CT molecular complexity index is 1350. The van der Waals surface area contributed by atoms with Crippen molar-refractivity contribution in [1.82, 2.24) is 9.80 Å². The number of likely N-dealkylation sites (tertiary alicyclic amines) is 1. The molecular weight excluding hydrogens is 553 g/mol. The largest absolute Gasteiger partial charge is 0.507 e. The second kappa shape index (κ2) is 11.0. The van der Waals surface area contributed by atoms with E-state index in [-0.39, 0.29) is 41.9 Å². The summed E-state index contributed by atoms with van der Waals surface area (Å²) in [4.78, 5) is 57.8. The number of hydrogen-bond donors (Lipinski definition) is 2. The third-order valence-electron chi connectivity index (χ3n) is 11.7. The van der Waals surface area contributed by atoms with Crippen LogP contribution < -0.4 is 5.73 Å². The molecule has 0 radical (unpaired) electrons. The zero-order valence-electron chi connectivity index (χ0n) is 25.5. The number of halogens is 1. The number of carbonyl (C=O) groups excluding carboxylic acids is 4. The van der Waals surface area contributed by atoms with Crippen LogP contribution in [0.4, 0.5) is 4.39 Å². The number of likely N-dealkylation sites (N-methyl/N-ethyl adjacent to an activating group) is 1. The smallest absolute Gasteiger partial charge is 0.228 e. The Hall–Kier alpha value is -2.69. The highest BCUT2D eigenvalue weighted by Gasteiger charge is 2.65. The van der Waals surface area contributed by atoms with E-state index in [1.165, 1.54) is 45.3 Å². The summed E-state index contributed by atoms with van der Waals surface area (Å²) in [7, 11) is 4.75. The maximum atomic E-state index is 16.2. The van der Waals surface area contributed by atoms with Crippen LogP contribution >= 0.6 is 0 Å². The fourth-order valence-electron chi connectivity index (χ4n) is 9.47. The lowest BCUT2D eigenvalue weighted by atomic mass is 9.52. The van der Waals surface area contributed by atoms with Gasteiger partial charge < -0.3 is 15.6 Å². The summed E-state index contributed by atoms with van der Waals surface area (Å²) in [5.74, 6) is -6.76. The number of amides is 1. The van der Waals surface area contributed by atoms with Gasteiger partial charge >= 0.3 is 0 Å². The van der Waals surface area contributed by atoms with Crippen LogP contribution in [0.2, 0.25) is 0 Å². The molecule has 1 aliphatic heterocycles. The van der Waals surface area contributed by atoms with Crippen LogP contribution in [0.1, 0.15) is 79.3 Å². The van der Waals surface area contributed by atoms with E-state index in [4.69, 9.17) is 10.5 Å². The van der Waals surface area contributed by atoms with Gasteiger partial charge in [0.25, 0.3) is 0 Å². The Morgan fingerprint density at radius 3 is 2.42 bits per heavy atom. The predicted molar refractivity (Wildman–Crippen MR) is 156 cm³/mol. The molecule has 3 saturated carbocycles. The molecule has 3 N–H and O–H groups in total. The summed E-state index contributed by atoms with van der Waals surface area (Å²) in [6, 6.07) is 0.521. The van der Waals surface area contributed by atoms with Crippen LogP contribution in [0.3, 0.4) is 0 Å². The second-order valence-corrected chi connectivity index (χ2v) is 14.1. The van der Waals surface area contributed by atoms with Crippen LogP contribution in [0.15, 0.2) is 6.07 Å². The first-order valence-corrected chi connectivity index (χ1v) is 15.8. The van der Waals surface area contributed by atoms with Crippen molar-refractivity contribution in [3.05, 3.63) is 28.6 Å². The molecule has 0 aromatic heterocycles. The monoisotopic (exact) mass is 597 g/mol. The highest BCUT2D eigenvalue weighted by atomic mass is 19.1. The molecule has 1 saturated heterocycles. The molecule has 6 atom stereocenters. The molecule has 10 heteroatoms. The number of ether oxygens (including phenoxy) is 1. The maximum Gasteiger partial charge on any atom is 0.228 e. The van der Waals surface area contributed by atoms with Gasteiger partial charge in [0.1, 0.15) is 23.1 Å². The lowest BCUT2D eigenvalue weighted by Gasteiger charge is -2.55. The predicted octanol–water partition coefficient (Wildman–Crippen LogP) is 3.03. The molecule has 1 heterocycles. The maximum absolute atomic E-state index is 16.2. The van der Waals surface area contributed by atoms with Gasteiger partial charge in [0.2, 0.25) is 5.91 Å². The first-order valence-electron chi connectivity index (χ1n) is 15.8. The van der Waals surface area contributed by atoms with Gasteiger partial charge in [-0.3, -0.25) is 29.0 Å². The molecule has 4 aliphatic carbocycles. The molecule has 1 aromatic rings. The van der Waals surface area contributed by atoms with Crippen molar-refractivity contribution in [2.45, 2.75) is 82.4 Å². The lowest BCUT2D eigenvalue weighted by molar-refractivity contribution is -0.182. The van der Waals surface area contributed by atoms with Gasteiger partial charge in [-0.05, 0) is 83.1 Å². The molecule has 5 aliphatic rings. The van der Waals surface area contributed by atoms with Crippen molar-refractivity contribution in [3.8, 4) is 5.75 Å². The van der Waals surface area contributed by atoms with Crippen molar-refractivity contribution >= 4 is 23.3 Å². The van der Waals surface area contributed by atoms with E-state index in [1.54, 1.807) is 19.0 Å². The number of benzene rings is 1. The van der Waals surface area contributed by atoms with Gasteiger partial charge in [-0.2, -0.15) is 0 Å². The third kappa shape index (κ3) is 4.75. The number of nitrogens with two attached hydrogens (primary N) is 1. The molecule has 0 bridgehead atoms. The van der Waals surface area contributed by atoms with Crippen molar-refractivity contribution in [3.63, 3.8) is 0 Å². The van der Waals surface area contributed by atoms with Crippen molar-refractivity contribution in [1.29, 1.82) is 0 Å². The van der Waals surface area contributed by atoms with Gasteiger partial charge in [-0.15, -0.1) is 0 Å². The van der Waals surface area contributed by atoms with Crippen LogP contribution in [-0.2, 0) is 32.1 Å². The number of Topliss-reactive ketones (excluding diaryl/α,β-unsaturated/α-hetero) is 3. The van der Waals surface area contributed by atoms with Gasteiger partial charge in [0, 0.05) is 37.1 Å². The van der Waals surface area contributed by atoms with Crippen LogP contribution in [0, 0.1) is 34.9 Å². The van der Waals surface area contributed by atoms with Gasteiger partial charge in [0.15, 0.2) is 17.3 Å². The number of phenols is 1. The Morgan fingerprint density at radius 1 is 1.14 bits per heavy atom. The first kappa shape index (κ1) is 30.3. The Morgan fingerprint density at radius 2 is 1.81 bits per heavy atom. The zero-order valence-corrected chi connectivity index (χ0v) is 25.5. The summed E-state index contributed by atoms with van der Waals surface area (Å²) in [5.41, 5.74) is 4.80. The highest BCUT2D eigenvalue weighted by Crippen LogP contribution is 2.53.